The average Bonchev–Trinajstić information content (AvgIpc) is 2.18. The molecule has 1 aliphatic heterocycles. The molecule has 0 aromatic carbocycles. The number of hydrogen-bond donors (Lipinski definition) is 1. The van der Waals surface area contributed by atoms with Crippen LogP contribution in [0.4, 0.5) is 0 Å². The summed E-state index contributed by atoms with van der Waals surface area (Å²) in [6.07, 6.45) is 2.23. The van der Waals surface area contributed by atoms with Gasteiger partial charge in [0.05, 0.1) is 11.4 Å². The normalized spacial score (nSPS) is 30.3. The van der Waals surface area contributed by atoms with E-state index in [1.807, 2.05) is 6.92 Å². The second kappa shape index (κ2) is 4.39. The Balaban J connectivity index is 2.61. The topological polar surface area (TPSA) is 55.4 Å². The molecular formula is C8H17NO3S. The van der Waals surface area contributed by atoms with Crippen molar-refractivity contribution >= 4 is 10.0 Å². The SMILES string of the molecule is CCC1CC(S(=O)(=O)NC)CCO1. The van der Waals surface area contributed by atoms with E-state index in [1.165, 1.54) is 7.05 Å². The van der Waals surface area contributed by atoms with Crippen LogP contribution in [0.2, 0.25) is 0 Å². The zero-order chi connectivity index (χ0) is 9.90. The molecule has 1 heterocycles. The first-order valence-electron chi connectivity index (χ1n) is 4.64. The molecule has 0 aliphatic carbocycles. The number of hydrogen-bond acceptors (Lipinski definition) is 3. The van der Waals surface area contributed by atoms with Gasteiger partial charge in [-0.3, -0.25) is 0 Å². The van der Waals surface area contributed by atoms with Crippen molar-refractivity contribution in [3.05, 3.63) is 0 Å². The molecule has 1 saturated heterocycles. The summed E-state index contributed by atoms with van der Waals surface area (Å²) in [5.41, 5.74) is 0. The summed E-state index contributed by atoms with van der Waals surface area (Å²) in [7, 11) is -1.63. The quantitative estimate of drug-likeness (QED) is 0.733. The third kappa shape index (κ3) is 2.65. The molecule has 13 heavy (non-hydrogen) atoms. The van der Waals surface area contributed by atoms with E-state index in [1.54, 1.807) is 0 Å². The summed E-state index contributed by atoms with van der Waals surface area (Å²) >= 11 is 0. The van der Waals surface area contributed by atoms with Gasteiger partial charge in [0.1, 0.15) is 0 Å². The van der Waals surface area contributed by atoms with E-state index in [4.69, 9.17) is 4.74 Å². The fourth-order valence-corrected chi connectivity index (χ4v) is 2.79. The van der Waals surface area contributed by atoms with Gasteiger partial charge in [-0.2, -0.15) is 0 Å². The molecule has 0 amide bonds. The maximum atomic E-state index is 11.4. The minimum atomic E-state index is -3.09. The third-order valence-electron chi connectivity index (χ3n) is 2.50. The lowest BCUT2D eigenvalue weighted by atomic mass is 10.1. The Labute approximate surface area is 79.7 Å². The molecule has 4 nitrogen and oxygen atoms in total. The van der Waals surface area contributed by atoms with Crippen molar-refractivity contribution in [1.29, 1.82) is 0 Å². The number of sulfonamides is 1. The van der Waals surface area contributed by atoms with Crippen molar-refractivity contribution in [2.45, 2.75) is 37.5 Å². The summed E-state index contributed by atoms with van der Waals surface area (Å²) in [6, 6.07) is 0. The van der Waals surface area contributed by atoms with Crippen molar-refractivity contribution in [2.24, 2.45) is 0 Å². The predicted molar refractivity (Wildman–Crippen MR) is 51.0 cm³/mol. The van der Waals surface area contributed by atoms with Gasteiger partial charge in [-0.1, -0.05) is 6.92 Å². The van der Waals surface area contributed by atoms with Crippen LogP contribution >= 0.6 is 0 Å². The third-order valence-corrected chi connectivity index (χ3v) is 4.37. The molecule has 0 spiro atoms. The number of rotatable bonds is 3. The van der Waals surface area contributed by atoms with Crippen molar-refractivity contribution in [3.63, 3.8) is 0 Å². The van der Waals surface area contributed by atoms with Crippen LogP contribution in [0.5, 0.6) is 0 Å². The highest BCUT2D eigenvalue weighted by Gasteiger charge is 2.30. The standard InChI is InChI=1S/C8H17NO3S/c1-3-7-6-8(4-5-12-7)13(10,11)9-2/h7-9H,3-6H2,1-2H3. The number of ether oxygens (including phenoxy) is 1. The van der Waals surface area contributed by atoms with Gasteiger partial charge in [0.2, 0.25) is 10.0 Å². The average molecular weight is 207 g/mol. The molecule has 1 fully saturated rings. The van der Waals surface area contributed by atoms with Crippen molar-refractivity contribution in [3.8, 4) is 0 Å². The summed E-state index contributed by atoms with van der Waals surface area (Å²) < 4.78 is 30.7. The van der Waals surface area contributed by atoms with E-state index < -0.39 is 10.0 Å². The molecular weight excluding hydrogens is 190 g/mol. The van der Waals surface area contributed by atoms with Gasteiger partial charge >= 0.3 is 0 Å². The maximum absolute atomic E-state index is 11.4. The van der Waals surface area contributed by atoms with Crippen LogP contribution in [0.3, 0.4) is 0 Å². The summed E-state index contributed by atoms with van der Waals surface area (Å²) in [5, 5.41) is -0.267. The molecule has 2 atom stereocenters. The van der Waals surface area contributed by atoms with E-state index in [0.29, 0.717) is 19.4 Å². The highest BCUT2D eigenvalue weighted by molar-refractivity contribution is 7.90. The molecule has 1 rings (SSSR count). The molecule has 1 N–H and O–H groups in total. The molecule has 2 unspecified atom stereocenters. The second-order valence-electron chi connectivity index (χ2n) is 3.30. The van der Waals surface area contributed by atoms with E-state index in [2.05, 4.69) is 4.72 Å². The smallest absolute Gasteiger partial charge is 0.214 e. The first-order valence-corrected chi connectivity index (χ1v) is 6.18. The molecule has 0 aromatic heterocycles. The highest BCUT2D eigenvalue weighted by atomic mass is 32.2. The van der Waals surface area contributed by atoms with Gasteiger partial charge in [-0.05, 0) is 26.3 Å². The summed E-state index contributed by atoms with van der Waals surface area (Å²) in [5.74, 6) is 0. The molecule has 1 aliphatic rings. The minimum Gasteiger partial charge on any atom is -0.378 e. The first-order chi connectivity index (χ1) is 6.10. The highest BCUT2D eigenvalue weighted by Crippen LogP contribution is 2.21. The Bertz CT molecular complexity index is 250. The lowest BCUT2D eigenvalue weighted by molar-refractivity contribution is 0.0157. The molecule has 5 heteroatoms. The maximum Gasteiger partial charge on any atom is 0.214 e. The van der Waals surface area contributed by atoms with Crippen LogP contribution in [0.1, 0.15) is 26.2 Å². The summed E-state index contributed by atoms with van der Waals surface area (Å²) in [6.45, 7) is 2.57. The largest absolute Gasteiger partial charge is 0.378 e. The summed E-state index contributed by atoms with van der Waals surface area (Å²) in [4.78, 5) is 0. The van der Waals surface area contributed by atoms with Crippen LogP contribution in [-0.2, 0) is 14.8 Å². The van der Waals surface area contributed by atoms with Gasteiger partial charge in [-0.25, -0.2) is 13.1 Å². The Morgan fingerprint density at radius 3 is 2.77 bits per heavy atom. The molecule has 78 valence electrons. The van der Waals surface area contributed by atoms with Gasteiger partial charge in [0.15, 0.2) is 0 Å². The second-order valence-corrected chi connectivity index (χ2v) is 5.46. The zero-order valence-corrected chi connectivity index (χ0v) is 8.93. The van der Waals surface area contributed by atoms with Crippen LogP contribution in [0.25, 0.3) is 0 Å². The van der Waals surface area contributed by atoms with Gasteiger partial charge in [0.25, 0.3) is 0 Å². The van der Waals surface area contributed by atoms with Crippen molar-refractivity contribution < 1.29 is 13.2 Å². The van der Waals surface area contributed by atoms with E-state index in [9.17, 15) is 8.42 Å². The lowest BCUT2D eigenvalue weighted by Gasteiger charge is -2.28. The predicted octanol–water partition coefficient (Wildman–Crippen LogP) is 0.493. The van der Waals surface area contributed by atoms with Crippen LogP contribution in [0.15, 0.2) is 0 Å². The first kappa shape index (κ1) is 10.9. The molecule has 0 bridgehead atoms. The zero-order valence-electron chi connectivity index (χ0n) is 8.12. The number of nitrogens with one attached hydrogen (secondary N) is 1. The van der Waals surface area contributed by atoms with Gasteiger partial charge in [0, 0.05) is 6.61 Å². The van der Waals surface area contributed by atoms with Gasteiger partial charge < -0.3 is 4.74 Å². The minimum absolute atomic E-state index is 0.113. The Morgan fingerprint density at radius 1 is 1.54 bits per heavy atom. The Kier molecular flexibility index (Phi) is 3.70. The van der Waals surface area contributed by atoms with E-state index in [0.717, 1.165) is 6.42 Å². The molecule has 0 saturated carbocycles. The molecule has 0 aromatic rings. The van der Waals surface area contributed by atoms with Crippen molar-refractivity contribution in [1.82, 2.24) is 4.72 Å². The van der Waals surface area contributed by atoms with Gasteiger partial charge in [-0.15, -0.1) is 0 Å². The molecule has 0 radical (unpaired) electrons. The van der Waals surface area contributed by atoms with E-state index >= 15 is 0 Å². The Hall–Kier alpha value is -0.130. The van der Waals surface area contributed by atoms with Crippen LogP contribution < -0.4 is 4.72 Å². The lowest BCUT2D eigenvalue weighted by Crippen LogP contribution is -2.39. The fraction of sp³-hybridized carbons (Fsp3) is 1.00. The van der Waals surface area contributed by atoms with Crippen LogP contribution in [0, 0.1) is 0 Å². The Morgan fingerprint density at radius 2 is 2.23 bits per heavy atom. The van der Waals surface area contributed by atoms with Crippen LogP contribution in [-0.4, -0.2) is 33.4 Å². The fourth-order valence-electron chi connectivity index (χ4n) is 1.58. The van der Waals surface area contributed by atoms with Crippen molar-refractivity contribution in [2.75, 3.05) is 13.7 Å². The van der Waals surface area contributed by atoms with E-state index in [-0.39, 0.29) is 11.4 Å². The monoisotopic (exact) mass is 207 g/mol.